The Labute approximate surface area is 142 Å². The zero-order chi connectivity index (χ0) is 16.6. The number of nitrogens with zero attached hydrogens (tertiary/aromatic N) is 1. The first kappa shape index (κ1) is 18.1. The Hall–Kier alpha value is -2.28. The van der Waals surface area contributed by atoms with Crippen molar-refractivity contribution in [1.82, 2.24) is 4.98 Å². The van der Waals surface area contributed by atoms with Crippen LogP contribution < -0.4 is 11.1 Å². The lowest BCUT2D eigenvalue weighted by atomic mass is 10.1. The highest BCUT2D eigenvalue weighted by Crippen LogP contribution is 2.48. The molecule has 24 heavy (non-hydrogen) atoms. The second kappa shape index (κ2) is 6.68. The average molecular weight is 358 g/mol. The minimum atomic E-state index is -4.38. The summed E-state index contributed by atoms with van der Waals surface area (Å²) in [7, 11) is 0. The van der Waals surface area contributed by atoms with E-state index in [-0.39, 0.29) is 30.2 Å². The van der Waals surface area contributed by atoms with Gasteiger partial charge >= 0.3 is 6.18 Å². The summed E-state index contributed by atoms with van der Waals surface area (Å²) in [4.78, 5) is 16.0. The lowest BCUT2D eigenvalue weighted by Gasteiger charge is -2.09. The molecule has 0 saturated heterocycles. The number of amides is 1. The van der Waals surface area contributed by atoms with Crippen LogP contribution in [0.25, 0.3) is 0 Å². The van der Waals surface area contributed by atoms with Crippen LogP contribution in [-0.4, -0.2) is 10.9 Å². The Morgan fingerprint density at radius 3 is 2.62 bits per heavy atom. The summed E-state index contributed by atoms with van der Waals surface area (Å²) in [5.74, 6) is -0.384. The third-order valence-corrected chi connectivity index (χ3v) is 3.82. The Kier molecular flexibility index (Phi) is 5.03. The summed E-state index contributed by atoms with van der Waals surface area (Å²) >= 11 is 0. The fourth-order valence-corrected chi connectivity index (χ4v) is 2.51. The van der Waals surface area contributed by atoms with E-state index in [0.717, 1.165) is 12.1 Å². The summed E-state index contributed by atoms with van der Waals surface area (Å²) in [6.45, 7) is 0. The van der Waals surface area contributed by atoms with Gasteiger partial charge in [0, 0.05) is 5.92 Å². The van der Waals surface area contributed by atoms with Gasteiger partial charge < -0.3 is 11.1 Å². The van der Waals surface area contributed by atoms with Crippen LogP contribution in [0.3, 0.4) is 0 Å². The van der Waals surface area contributed by atoms with Crippen LogP contribution in [0.5, 0.6) is 0 Å². The SMILES string of the molecule is Cl.Nc1ccc(NC(=O)C2CC2c2cccc(C(F)(F)F)c2)cn1. The molecule has 1 heterocycles. The summed E-state index contributed by atoms with van der Waals surface area (Å²) < 4.78 is 38.2. The number of aromatic nitrogens is 1. The first-order valence-corrected chi connectivity index (χ1v) is 7.04. The van der Waals surface area contributed by atoms with Gasteiger partial charge in [-0.25, -0.2) is 4.98 Å². The molecule has 0 radical (unpaired) electrons. The highest BCUT2D eigenvalue weighted by molar-refractivity contribution is 5.95. The van der Waals surface area contributed by atoms with Gasteiger partial charge in [0.15, 0.2) is 0 Å². The lowest BCUT2D eigenvalue weighted by Crippen LogP contribution is -2.15. The monoisotopic (exact) mass is 357 g/mol. The van der Waals surface area contributed by atoms with Crippen LogP contribution in [0.15, 0.2) is 42.6 Å². The van der Waals surface area contributed by atoms with Crippen molar-refractivity contribution in [1.29, 1.82) is 0 Å². The predicted octanol–water partition coefficient (Wildman–Crippen LogP) is 3.85. The molecule has 1 amide bonds. The number of nitrogen functional groups attached to an aromatic ring is 1. The number of carbonyl (C=O) groups excluding carboxylic acids is 1. The van der Waals surface area contributed by atoms with Crippen molar-refractivity contribution >= 4 is 29.8 Å². The molecule has 1 aromatic carbocycles. The van der Waals surface area contributed by atoms with Crippen LogP contribution >= 0.6 is 12.4 Å². The third kappa shape index (κ3) is 3.97. The van der Waals surface area contributed by atoms with E-state index in [0.29, 0.717) is 23.5 Å². The van der Waals surface area contributed by atoms with Crippen LogP contribution in [-0.2, 0) is 11.0 Å². The Balaban J connectivity index is 0.00000208. The molecule has 1 aliphatic carbocycles. The molecule has 0 bridgehead atoms. The van der Waals surface area contributed by atoms with Gasteiger partial charge in [0.2, 0.25) is 5.91 Å². The Morgan fingerprint density at radius 1 is 1.25 bits per heavy atom. The molecule has 3 rings (SSSR count). The number of nitrogens with one attached hydrogen (secondary N) is 1. The van der Waals surface area contributed by atoms with E-state index in [4.69, 9.17) is 5.73 Å². The molecule has 3 N–H and O–H groups in total. The zero-order valence-corrected chi connectivity index (χ0v) is 13.2. The van der Waals surface area contributed by atoms with Crippen LogP contribution in [0.4, 0.5) is 24.7 Å². The van der Waals surface area contributed by atoms with E-state index in [1.165, 1.54) is 12.3 Å². The molecule has 0 aliphatic heterocycles. The fraction of sp³-hybridized carbons (Fsp3) is 0.250. The smallest absolute Gasteiger partial charge is 0.384 e. The number of halogens is 4. The minimum Gasteiger partial charge on any atom is -0.384 e. The van der Waals surface area contributed by atoms with E-state index in [1.807, 2.05) is 0 Å². The highest BCUT2D eigenvalue weighted by atomic mass is 35.5. The van der Waals surface area contributed by atoms with E-state index in [2.05, 4.69) is 10.3 Å². The van der Waals surface area contributed by atoms with Gasteiger partial charge in [-0.1, -0.05) is 18.2 Å². The van der Waals surface area contributed by atoms with Gasteiger partial charge in [-0.05, 0) is 36.1 Å². The van der Waals surface area contributed by atoms with Crippen molar-refractivity contribution in [3.63, 3.8) is 0 Å². The fourth-order valence-electron chi connectivity index (χ4n) is 2.51. The lowest BCUT2D eigenvalue weighted by molar-refractivity contribution is -0.137. The van der Waals surface area contributed by atoms with Crippen LogP contribution in [0, 0.1) is 5.92 Å². The van der Waals surface area contributed by atoms with Crippen molar-refractivity contribution in [2.24, 2.45) is 5.92 Å². The summed E-state index contributed by atoms with van der Waals surface area (Å²) in [5.41, 5.74) is 5.82. The molecule has 1 aliphatic rings. The molecule has 4 nitrogen and oxygen atoms in total. The van der Waals surface area contributed by atoms with E-state index >= 15 is 0 Å². The normalized spacial score (nSPS) is 19.3. The first-order chi connectivity index (χ1) is 10.8. The van der Waals surface area contributed by atoms with Crippen molar-refractivity contribution in [2.45, 2.75) is 18.5 Å². The molecule has 2 atom stereocenters. The summed E-state index contributed by atoms with van der Waals surface area (Å²) in [5, 5.41) is 2.70. The second-order valence-corrected chi connectivity index (χ2v) is 5.53. The van der Waals surface area contributed by atoms with Gasteiger partial charge in [0.05, 0.1) is 17.4 Å². The van der Waals surface area contributed by atoms with E-state index in [9.17, 15) is 18.0 Å². The van der Waals surface area contributed by atoms with Gasteiger partial charge in [0.1, 0.15) is 5.82 Å². The van der Waals surface area contributed by atoms with Crippen molar-refractivity contribution in [2.75, 3.05) is 11.1 Å². The molecule has 1 aromatic heterocycles. The minimum absolute atomic E-state index is 0. The van der Waals surface area contributed by atoms with Gasteiger partial charge in [-0.2, -0.15) is 13.2 Å². The number of nitrogens with two attached hydrogens (primary N) is 1. The summed E-state index contributed by atoms with van der Waals surface area (Å²) in [6, 6.07) is 8.33. The predicted molar refractivity (Wildman–Crippen MR) is 86.8 cm³/mol. The maximum atomic E-state index is 12.7. The van der Waals surface area contributed by atoms with Gasteiger partial charge in [0.25, 0.3) is 0 Å². The maximum Gasteiger partial charge on any atom is 0.416 e. The molecule has 1 fully saturated rings. The number of pyridine rings is 1. The standard InChI is InChI=1S/C16H14F3N3O.ClH/c17-16(18,19)10-3-1-2-9(6-10)12-7-13(12)15(23)22-11-4-5-14(20)21-8-11;/h1-6,8,12-13H,7H2,(H2,20,21)(H,22,23);1H. The molecular weight excluding hydrogens is 343 g/mol. The third-order valence-electron chi connectivity index (χ3n) is 3.82. The van der Waals surface area contributed by atoms with Gasteiger partial charge in [-0.15, -0.1) is 12.4 Å². The molecule has 1 saturated carbocycles. The van der Waals surface area contributed by atoms with E-state index < -0.39 is 11.7 Å². The van der Waals surface area contributed by atoms with E-state index in [1.54, 1.807) is 18.2 Å². The van der Waals surface area contributed by atoms with Crippen molar-refractivity contribution in [3.05, 3.63) is 53.7 Å². The molecule has 0 spiro atoms. The largest absolute Gasteiger partial charge is 0.416 e. The number of rotatable bonds is 3. The zero-order valence-electron chi connectivity index (χ0n) is 12.4. The number of carbonyl (C=O) groups is 1. The Bertz CT molecular complexity index is 734. The molecule has 8 heteroatoms. The number of benzene rings is 1. The molecule has 2 aromatic rings. The summed E-state index contributed by atoms with van der Waals surface area (Å²) in [6.07, 6.45) is -2.40. The number of hydrogen-bond donors (Lipinski definition) is 2. The second-order valence-electron chi connectivity index (χ2n) is 5.53. The molecule has 2 unspecified atom stereocenters. The maximum absolute atomic E-state index is 12.7. The molecular formula is C16H15ClF3N3O. The van der Waals surface area contributed by atoms with Crippen LogP contribution in [0.2, 0.25) is 0 Å². The Morgan fingerprint density at radius 2 is 2.00 bits per heavy atom. The number of alkyl halides is 3. The van der Waals surface area contributed by atoms with Crippen LogP contribution in [0.1, 0.15) is 23.5 Å². The number of anilines is 2. The molecule has 128 valence electrons. The topological polar surface area (TPSA) is 68.0 Å². The van der Waals surface area contributed by atoms with Crippen molar-refractivity contribution < 1.29 is 18.0 Å². The highest BCUT2D eigenvalue weighted by Gasteiger charge is 2.44. The van der Waals surface area contributed by atoms with Crippen molar-refractivity contribution in [3.8, 4) is 0 Å². The van der Waals surface area contributed by atoms with Gasteiger partial charge in [-0.3, -0.25) is 4.79 Å². The first-order valence-electron chi connectivity index (χ1n) is 7.04. The quantitative estimate of drug-likeness (QED) is 0.876. The average Bonchev–Trinajstić information content (AvgIpc) is 3.29. The number of hydrogen-bond acceptors (Lipinski definition) is 3.